The first kappa shape index (κ1) is 20.0. The van der Waals surface area contributed by atoms with E-state index < -0.39 is 0 Å². The minimum Gasteiger partial charge on any atom is -0.496 e. The van der Waals surface area contributed by atoms with E-state index in [1.807, 2.05) is 85.8 Å². The number of ether oxygens (including phenoxy) is 1. The van der Waals surface area contributed by atoms with Gasteiger partial charge in [-0.25, -0.2) is 0 Å². The lowest BCUT2D eigenvalue weighted by molar-refractivity contribution is -0.137. The highest BCUT2D eigenvalue weighted by atomic mass is 32.2. The van der Waals surface area contributed by atoms with Gasteiger partial charge in [0.15, 0.2) is 0 Å². The molecule has 0 saturated carbocycles. The summed E-state index contributed by atoms with van der Waals surface area (Å²) in [6, 6.07) is 24.8. The van der Waals surface area contributed by atoms with Crippen LogP contribution in [0.1, 0.15) is 16.7 Å². The minimum absolute atomic E-state index is 0.163. The summed E-state index contributed by atoms with van der Waals surface area (Å²) in [5, 5.41) is 0. The van der Waals surface area contributed by atoms with Gasteiger partial charge in [0.1, 0.15) is 5.75 Å². The molecule has 1 heterocycles. The average molecular weight is 416 g/mol. The molecule has 1 aliphatic rings. The second-order valence-electron chi connectivity index (χ2n) is 6.99. The molecule has 2 amide bonds. The third-order valence-corrected chi connectivity index (χ3v) is 6.04. The van der Waals surface area contributed by atoms with Crippen LogP contribution in [0.3, 0.4) is 0 Å². The monoisotopic (exact) mass is 415 g/mol. The van der Waals surface area contributed by atoms with Crippen LogP contribution < -0.4 is 4.74 Å². The number of hydrogen-bond donors (Lipinski definition) is 0. The van der Waals surface area contributed by atoms with Gasteiger partial charge in [0.05, 0.1) is 24.1 Å². The van der Waals surface area contributed by atoms with E-state index in [0.29, 0.717) is 16.2 Å². The van der Waals surface area contributed by atoms with Crippen LogP contribution in [0.5, 0.6) is 5.75 Å². The van der Waals surface area contributed by atoms with Gasteiger partial charge < -0.3 is 4.74 Å². The first-order chi connectivity index (χ1) is 14.6. The number of benzene rings is 3. The number of thioether (sulfide) groups is 1. The summed E-state index contributed by atoms with van der Waals surface area (Å²) in [6.07, 6.45) is 0. The highest BCUT2D eigenvalue weighted by molar-refractivity contribution is 8.04. The topological polar surface area (TPSA) is 46.6 Å². The Kier molecular flexibility index (Phi) is 5.72. The van der Waals surface area contributed by atoms with Crippen LogP contribution in [-0.2, 0) is 16.1 Å². The molecule has 0 radical (unpaired) electrons. The van der Waals surface area contributed by atoms with Gasteiger partial charge in [0.2, 0.25) is 0 Å². The molecule has 3 aromatic carbocycles. The molecule has 4 nitrogen and oxygen atoms in total. The minimum atomic E-state index is -0.284. The Morgan fingerprint density at radius 1 is 0.833 bits per heavy atom. The summed E-state index contributed by atoms with van der Waals surface area (Å²) in [5.41, 5.74) is 3.08. The molecule has 0 aliphatic carbocycles. The second kappa shape index (κ2) is 8.59. The van der Waals surface area contributed by atoms with E-state index >= 15 is 0 Å². The van der Waals surface area contributed by atoms with Gasteiger partial charge in [0.25, 0.3) is 11.8 Å². The van der Waals surface area contributed by atoms with Crippen molar-refractivity contribution in [3.63, 3.8) is 0 Å². The van der Waals surface area contributed by atoms with E-state index in [1.165, 1.54) is 16.7 Å². The zero-order valence-electron chi connectivity index (χ0n) is 16.8. The molecule has 0 fully saturated rings. The van der Waals surface area contributed by atoms with Crippen molar-refractivity contribution in [1.82, 2.24) is 4.90 Å². The molecule has 5 heteroatoms. The number of hydrogen-bond acceptors (Lipinski definition) is 4. The van der Waals surface area contributed by atoms with Gasteiger partial charge in [0, 0.05) is 10.5 Å². The molecule has 0 spiro atoms. The Hall–Kier alpha value is -3.31. The van der Waals surface area contributed by atoms with E-state index in [1.54, 1.807) is 7.11 Å². The Bertz CT molecular complexity index is 1120. The summed E-state index contributed by atoms with van der Waals surface area (Å²) in [6.45, 7) is 2.16. The van der Waals surface area contributed by atoms with E-state index in [2.05, 4.69) is 0 Å². The highest BCUT2D eigenvalue weighted by Crippen LogP contribution is 2.40. The van der Waals surface area contributed by atoms with E-state index in [9.17, 15) is 9.59 Å². The van der Waals surface area contributed by atoms with Crippen molar-refractivity contribution in [2.24, 2.45) is 0 Å². The fourth-order valence-corrected chi connectivity index (χ4v) is 4.41. The number of para-hydroxylation sites is 1. The van der Waals surface area contributed by atoms with E-state index in [-0.39, 0.29) is 18.4 Å². The maximum atomic E-state index is 13.4. The van der Waals surface area contributed by atoms with Crippen molar-refractivity contribution < 1.29 is 14.3 Å². The summed E-state index contributed by atoms with van der Waals surface area (Å²) in [4.78, 5) is 29.4. The molecule has 3 aromatic rings. The van der Waals surface area contributed by atoms with Crippen LogP contribution in [0, 0.1) is 6.92 Å². The van der Waals surface area contributed by atoms with Crippen molar-refractivity contribution in [2.45, 2.75) is 18.4 Å². The molecular weight excluding hydrogens is 394 g/mol. The predicted octanol–water partition coefficient (Wildman–Crippen LogP) is 5.08. The van der Waals surface area contributed by atoms with Crippen LogP contribution in [-0.4, -0.2) is 23.8 Å². The molecule has 0 atom stereocenters. The summed E-state index contributed by atoms with van der Waals surface area (Å²) < 4.78 is 5.41. The number of rotatable bonds is 6. The zero-order chi connectivity index (χ0) is 21.1. The Morgan fingerprint density at radius 3 is 2.20 bits per heavy atom. The number of aryl methyl sites for hydroxylation is 1. The van der Waals surface area contributed by atoms with Gasteiger partial charge >= 0.3 is 0 Å². The Morgan fingerprint density at radius 2 is 1.50 bits per heavy atom. The first-order valence-electron chi connectivity index (χ1n) is 9.61. The second-order valence-corrected chi connectivity index (χ2v) is 8.08. The van der Waals surface area contributed by atoms with Crippen LogP contribution in [0.2, 0.25) is 0 Å². The van der Waals surface area contributed by atoms with Crippen LogP contribution >= 0.6 is 11.8 Å². The van der Waals surface area contributed by atoms with Crippen LogP contribution in [0.15, 0.2) is 88.7 Å². The lowest BCUT2D eigenvalue weighted by Crippen LogP contribution is -2.31. The summed E-state index contributed by atoms with van der Waals surface area (Å²) >= 11 is 1.33. The van der Waals surface area contributed by atoms with Crippen molar-refractivity contribution >= 4 is 29.1 Å². The number of carbonyl (C=O) groups excluding carboxylic acids is 2. The van der Waals surface area contributed by atoms with Gasteiger partial charge in [-0.2, -0.15) is 0 Å². The van der Waals surface area contributed by atoms with Crippen molar-refractivity contribution in [3.8, 4) is 5.75 Å². The summed E-state index contributed by atoms with van der Waals surface area (Å²) in [7, 11) is 1.58. The van der Waals surface area contributed by atoms with Gasteiger partial charge in [-0.15, -0.1) is 0 Å². The number of imide groups is 1. The van der Waals surface area contributed by atoms with Crippen molar-refractivity contribution in [2.75, 3.05) is 7.11 Å². The smallest absolute Gasteiger partial charge is 0.268 e. The molecule has 0 saturated heterocycles. The lowest BCUT2D eigenvalue weighted by atomic mass is 10.0. The molecule has 4 rings (SSSR count). The molecule has 0 N–H and O–H groups in total. The summed E-state index contributed by atoms with van der Waals surface area (Å²) in [5.74, 6) is 0.0858. The standard InChI is InChI=1S/C25H21NO3S/c1-17-12-14-18(15-13-17)22-23(30-20-9-4-3-5-10-20)25(28)26(24(22)27)16-19-8-6-7-11-21(19)29-2/h3-15H,16H2,1-2H3. The average Bonchev–Trinajstić information content (AvgIpc) is 3.00. The molecular formula is C25H21NO3S. The molecule has 1 aliphatic heterocycles. The van der Waals surface area contributed by atoms with E-state index in [4.69, 9.17) is 4.74 Å². The molecule has 0 aromatic heterocycles. The number of amides is 2. The zero-order valence-corrected chi connectivity index (χ0v) is 17.6. The normalized spacial score (nSPS) is 13.9. The molecule has 0 unspecified atom stereocenters. The maximum Gasteiger partial charge on any atom is 0.268 e. The third-order valence-electron chi connectivity index (χ3n) is 4.95. The molecule has 0 bridgehead atoms. The Balaban J connectivity index is 1.74. The number of methoxy groups -OCH3 is 1. The van der Waals surface area contributed by atoms with E-state index in [0.717, 1.165) is 21.6 Å². The predicted molar refractivity (Wildman–Crippen MR) is 119 cm³/mol. The van der Waals surface area contributed by atoms with Crippen LogP contribution in [0.25, 0.3) is 5.57 Å². The lowest BCUT2D eigenvalue weighted by Gasteiger charge is -2.17. The quantitative estimate of drug-likeness (QED) is 0.527. The largest absolute Gasteiger partial charge is 0.496 e. The van der Waals surface area contributed by atoms with Crippen molar-refractivity contribution in [3.05, 3.63) is 100 Å². The molecule has 150 valence electrons. The van der Waals surface area contributed by atoms with Gasteiger partial charge in [-0.05, 0) is 30.7 Å². The Labute approximate surface area is 180 Å². The highest BCUT2D eigenvalue weighted by Gasteiger charge is 2.39. The first-order valence-corrected chi connectivity index (χ1v) is 10.4. The fourth-order valence-electron chi connectivity index (χ4n) is 3.38. The van der Waals surface area contributed by atoms with Crippen LogP contribution in [0.4, 0.5) is 0 Å². The third kappa shape index (κ3) is 3.89. The number of carbonyl (C=O) groups is 2. The van der Waals surface area contributed by atoms with Gasteiger partial charge in [-0.1, -0.05) is 78.0 Å². The number of nitrogens with zero attached hydrogens (tertiary/aromatic N) is 1. The van der Waals surface area contributed by atoms with Crippen molar-refractivity contribution in [1.29, 1.82) is 0 Å². The molecule has 30 heavy (non-hydrogen) atoms. The fraction of sp³-hybridized carbons (Fsp3) is 0.120. The SMILES string of the molecule is COc1ccccc1CN1C(=O)C(Sc2ccccc2)=C(c2ccc(C)cc2)C1=O. The maximum absolute atomic E-state index is 13.4. The van der Waals surface area contributed by atoms with Gasteiger partial charge in [-0.3, -0.25) is 14.5 Å².